The highest BCUT2D eigenvalue weighted by atomic mass is 15.1. The van der Waals surface area contributed by atoms with Gasteiger partial charge in [0.25, 0.3) is 0 Å². The lowest BCUT2D eigenvalue weighted by Gasteiger charge is -2.30. The molecule has 0 saturated carbocycles. The van der Waals surface area contributed by atoms with E-state index in [1.54, 1.807) is 0 Å². The predicted molar refractivity (Wildman–Crippen MR) is 245 cm³/mol. The van der Waals surface area contributed by atoms with E-state index in [1.165, 1.54) is 89.0 Å². The zero-order valence-electron chi connectivity index (χ0n) is 34.2. The lowest BCUT2D eigenvalue weighted by atomic mass is 9.79. The Labute approximate surface area is 343 Å². The molecule has 0 saturated heterocycles. The van der Waals surface area contributed by atoms with Crippen molar-refractivity contribution in [1.29, 1.82) is 0 Å². The van der Waals surface area contributed by atoms with Gasteiger partial charge in [-0.2, -0.15) is 0 Å². The first-order valence-corrected chi connectivity index (χ1v) is 20.8. The van der Waals surface area contributed by atoms with Crippen LogP contribution in [0.15, 0.2) is 176 Å². The van der Waals surface area contributed by atoms with Crippen LogP contribution >= 0.6 is 0 Å². The summed E-state index contributed by atoms with van der Waals surface area (Å²) in [7, 11) is 0. The van der Waals surface area contributed by atoms with Crippen molar-refractivity contribution in [1.82, 2.24) is 0 Å². The number of fused-ring (bicyclic) bond motifs is 9. The average Bonchev–Trinajstić information content (AvgIpc) is 3.73. The Morgan fingerprint density at radius 2 is 0.724 bits per heavy atom. The summed E-state index contributed by atoms with van der Waals surface area (Å²) >= 11 is 0. The summed E-state index contributed by atoms with van der Waals surface area (Å²) in [4.78, 5) is 2.50. The largest absolute Gasteiger partial charge is 0.310 e. The van der Waals surface area contributed by atoms with Crippen molar-refractivity contribution < 1.29 is 0 Å². The van der Waals surface area contributed by atoms with Crippen LogP contribution in [0, 0.1) is 0 Å². The molecular formula is C57H47N. The van der Waals surface area contributed by atoms with Crippen molar-refractivity contribution in [3.05, 3.63) is 209 Å². The van der Waals surface area contributed by atoms with Crippen LogP contribution in [-0.2, 0) is 16.2 Å². The molecule has 8 aromatic rings. The molecule has 3 aliphatic rings. The van der Waals surface area contributed by atoms with Gasteiger partial charge < -0.3 is 4.90 Å². The van der Waals surface area contributed by atoms with Gasteiger partial charge in [0, 0.05) is 33.3 Å². The van der Waals surface area contributed by atoms with Crippen molar-refractivity contribution in [2.75, 3.05) is 4.90 Å². The molecule has 0 N–H and O–H groups in total. The zero-order valence-corrected chi connectivity index (χ0v) is 34.2. The summed E-state index contributed by atoms with van der Waals surface area (Å²) in [6.07, 6.45) is 0. The van der Waals surface area contributed by atoms with Gasteiger partial charge in [0.1, 0.15) is 0 Å². The third kappa shape index (κ3) is 4.89. The molecule has 0 radical (unpaired) electrons. The van der Waals surface area contributed by atoms with Crippen LogP contribution in [0.3, 0.4) is 0 Å². The van der Waals surface area contributed by atoms with Crippen LogP contribution in [0.25, 0.3) is 55.6 Å². The molecule has 0 aromatic heterocycles. The van der Waals surface area contributed by atoms with E-state index < -0.39 is 0 Å². The molecule has 0 aliphatic heterocycles. The van der Waals surface area contributed by atoms with E-state index in [2.05, 4.69) is 222 Å². The fraction of sp³-hybridized carbons (Fsp3) is 0.158. The molecule has 0 spiro atoms. The predicted octanol–water partition coefficient (Wildman–Crippen LogP) is 15.4. The zero-order chi connectivity index (χ0) is 39.6. The smallest absolute Gasteiger partial charge is 0.0471 e. The van der Waals surface area contributed by atoms with E-state index >= 15 is 0 Å². The molecule has 280 valence electrons. The van der Waals surface area contributed by atoms with E-state index in [1.807, 2.05) is 0 Å². The maximum absolute atomic E-state index is 2.55. The average molecular weight is 746 g/mol. The third-order valence-electron chi connectivity index (χ3n) is 13.9. The Hall–Kier alpha value is -6.44. The summed E-state index contributed by atoms with van der Waals surface area (Å²) in [5.41, 5.74) is 24.5. The van der Waals surface area contributed by atoms with Crippen molar-refractivity contribution in [3.8, 4) is 55.6 Å². The van der Waals surface area contributed by atoms with Gasteiger partial charge in [0.15, 0.2) is 0 Å². The van der Waals surface area contributed by atoms with Gasteiger partial charge >= 0.3 is 0 Å². The first-order chi connectivity index (χ1) is 28.0. The van der Waals surface area contributed by atoms with Gasteiger partial charge in [0.05, 0.1) is 0 Å². The Morgan fingerprint density at radius 3 is 1.38 bits per heavy atom. The lowest BCUT2D eigenvalue weighted by molar-refractivity contribution is 0.652. The molecule has 1 heteroatoms. The van der Waals surface area contributed by atoms with E-state index in [9.17, 15) is 0 Å². The molecule has 0 atom stereocenters. The molecule has 0 bridgehead atoms. The number of hydrogen-bond acceptors (Lipinski definition) is 1. The molecular weight excluding hydrogens is 699 g/mol. The first-order valence-electron chi connectivity index (χ1n) is 20.8. The van der Waals surface area contributed by atoms with Crippen LogP contribution < -0.4 is 4.90 Å². The van der Waals surface area contributed by atoms with Crippen LogP contribution in [0.5, 0.6) is 0 Å². The Kier molecular flexibility index (Phi) is 7.36. The van der Waals surface area contributed by atoms with E-state index in [4.69, 9.17) is 0 Å². The Balaban J connectivity index is 1.15. The van der Waals surface area contributed by atoms with E-state index in [-0.39, 0.29) is 16.2 Å². The normalized spacial score (nSPS) is 15.5. The number of rotatable bonds is 5. The highest BCUT2D eigenvalue weighted by Gasteiger charge is 2.43. The van der Waals surface area contributed by atoms with Gasteiger partial charge in [-0.05, 0) is 138 Å². The van der Waals surface area contributed by atoms with Crippen LogP contribution in [0.1, 0.15) is 74.9 Å². The van der Waals surface area contributed by atoms with Gasteiger partial charge in [-0.1, -0.05) is 169 Å². The fourth-order valence-corrected chi connectivity index (χ4v) is 10.7. The minimum atomic E-state index is -0.231. The molecule has 58 heavy (non-hydrogen) atoms. The molecule has 0 amide bonds. The number of benzene rings is 8. The number of nitrogens with zero attached hydrogens (tertiary/aromatic N) is 1. The summed E-state index contributed by atoms with van der Waals surface area (Å²) in [6, 6.07) is 66.0. The van der Waals surface area contributed by atoms with Crippen LogP contribution in [0.2, 0.25) is 0 Å². The molecule has 1 nitrogen and oxygen atoms in total. The van der Waals surface area contributed by atoms with E-state index in [0.29, 0.717) is 0 Å². The van der Waals surface area contributed by atoms with Crippen molar-refractivity contribution in [3.63, 3.8) is 0 Å². The molecule has 0 fully saturated rings. The SMILES string of the molecule is CC1(C)c2ccccc2-c2ccc(N(c3ccc(-c4ccccc4)cc3)c3cc(-c4ccccc4)c4c(c3)C(C)(C)c3cc5c(cc3-4)C(C)(C)c3ccccc3-5)cc21. The minimum Gasteiger partial charge on any atom is -0.310 e. The van der Waals surface area contributed by atoms with Crippen molar-refractivity contribution in [2.45, 2.75) is 57.8 Å². The van der Waals surface area contributed by atoms with Crippen LogP contribution in [-0.4, -0.2) is 0 Å². The highest BCUT2D eigenvalue weighted by molar-refractivity contribution is 5.99. The Bertz CT molecular complexity index is 2950. The fourth-order valence-electron chi connectivity index (χ4n) is 10.7. The molecule has 8 aromatic carbocycles. The first kappa shape index (κ1) is 34.8. The van der Waals surface area contributed by atoms with Gasteiger partial charge in [-0.15, -0.1) is 0 Å². The maximum Gasteiger partial charge on any atom is 0.0471 e. The second-order valence-corrected chi connectivity index (χ2v) is 18.2. The molecule has 11 rings (SSSR count). The van der Waals surface area contributed by atoms with Gasteiger partial charge in [0.2, 0.25) is 0 Å². The number of anilines is 3. The lowest BCUT2D eigenvalue weighted by Crippen LogP contribution is -2.18. The summed E-state index contributed by atoms with van der Waals surface area (Å²) in [5.74, 6) is 0. The molecule has 0 heterocycles. The summed E-state index contributed by atoms with van der Waals surface area (Å²) in [6.45, 7) is 14.4. The Morgan fingerprint density at radius 1 is 0.276 bits per heavy atom. The monoisotopic (exact) mass is 745 g/mol. The second-order valence-electron chi connectivity index (χ2n) is 18.2. The molecule has 3 aliphatic carbocycles. The number of hydrogen-bond donors (Lipinski definition) is 0. The van der Waals surface area contributed by atoms with Crippen molar-refractivity contribution >= 4 is 17.1 Å². The van der Waals surface area contributed by atoms with Crippen LogP contribution in [0.4, 0.5) is 17.1 Å². The minimum absolute atomic E-state index is 0.0789. The second kappa shape index (κ2) is 12.3. The topological polar surface area (TPSA) is 3.24 Å². The standard InChI is InChI=1S/C57H47N/c1-55(2)48-23-15-13-21-42(48)44-30-29-40(32-50(44)55)58(39-27-25-37(26-28-39)36-17-9-7-10-18-36)41-31-45(38-19-11-8-12-20-38)54-47-35-51-46(34-52(47)57(5,6)53(54)33-41)43-22-14-16-24-49(43)56(51,3)4/h7-35H,1-6H3. The summed E-state index contributed by atoms with van der Waals surface area (Å²) < 4.78 is 0. The van der Waals surface area contributed by atoms with Gasteiger partial charge in [-0.3, -0.25) is 0 Å². The highest BCUT2D eigenvalue weighted by Crippen LogP contribution is 2.59. The third-order valence-corrected chi connectivity index (χ3v) is 13.9. The summed E-state index contributed by atoms with van der Waals surface area (Å²) in [5, 5.41) is 0. The van der Waals surface area contributed by atoms with E-state index in [0.717, 1.165) is 17.1 Å². The molecule has 0 unspecified atom stereocenters. The van der Waals surface area contributed by atoms with Crippen molar-refractivity contribution in [2.24, 2.45) is 0 Å². The maximum atomic E-state index is 2.55. The van der Waals surface area contributed by atoms with Gasteiger partial charge in [-0.25, -0.2) is 0 Å². The quantitative estimate of drug-likeness (QED) is 0.170.